The fraction of sp³-hybridized carbons (Fsp3) is 0.929. The van der Waals surface area contributed by atoms with Crippen molar-refractivity contribution in [2.24, 2.45) is 17.6 Å². The molecule has 0 bridgehead atoms. The van der Waals surface area contributed by atoms with Crippen LogP contribution in [0, 0.1) is 11.8 Å². The van der Waals surface area contributed by atoms with Crippen LogP contribution in [-0.2, 0) is 4.79 Å². The van der Waals surface area contributed by atoms with Crippen LogP contribution in [0.5, 0.6) is 0 Å². The van der Waals surface area contributed by atoms with E-state index in [-0.39, 0.29) is 12.0 Å². The van der Waals surface area contributed by atoms with Gasteiger partial charge in [-0.25, -0.2) is 0 Å². The lowest BCUT2D eigenvalue weighted by Gasteiger charge is -2.33. The number of hydrogen-bond acceptors (Lipinski definition) is 5. The van der Waals surface area contributed by atoms with E-state index in [1.54, 1.807) is 0 Å². The van der Waals surface area contributed by atoms with Crippen molar-refractivity contribution in [3.8, 4) is 0 Å². The van der Waals surface area contributed by atoms with Crippen LogP contribution >= 0.6 is 0 Å². The number of rotatable bonds is 6. The normalized spacial score (nSPS) is 34.0. The number of likely N-dealkylation sites (tertiary alicyclic amines) is 1. The first kappa shape index (κ1) is 16.7. The van der Waals surface area contributed by atoms with Crippen molar-refractivity contribution >= 4 is 13.1 Å². The first-order valence-corrected chi connectivity index (χ1v) is 8.06. The van der Waals surface area contributed by atoms with Gasteiger partial charge in [-0.15, -0.1) is 0 Å². The molecule has 0 unspecified atom stereocenters. The fourth-order valence-electron chi connectivity index (χ4n) is 3.79. The summed E-state index contributed by atoms with van der Waals surface area (Å²) in [5.41, 5.74) is 6.21. The maximum Gasteiger partial charge on any atom is 0.451 e. The first-order chi connectivity index (χ1) is 9.97. The highest BCUT2D eigenvalue weighted by atomic mass is 16.4. The number of carboxylic acids is 1. The molecule has 1 heterocycles. The van der Waals surface area contributed by atoms with Crippen LogP contribution in [0.4, 0.5) is 0 Å². The second-order valence-corrected chi connectivity index (χ2v) is 6.63. The zero-order valence-corrected chi connectivity index (χ0v) is 12.5. The Morgan fingerprint density at radius 2 is 1.86 bits per heavy atom. The summed E-state index contributed by atoms with van der Waals surface area (Å²) < 4.78 is 0. The number of hydrogen-bond donors (Lipinski definition) is 4. The van der Waals surface area contributed by atoms with E-state index in [0.717, 1.165) is 51.6 Å². The highest BCUT2D eigenvalue weighted by Crippen LogP contribution is 2.32. The van der Waals surface area contributed by atoms with E-state index in [9.17, 15) is 4.79 Å². The SMILES string of the molecule is N[C@H]1CN(C2CCC(C(=O)O)CC2)C[C@@H]1CCCB(O)O. The summed E-state index contributed by atoms with van der Waals surface area (Å²) in [6, 6.07) is 0.623. The van der Waals surface area contributed by atoms with Crippen molar-refractivity contribution in [3.63, 3.8) is 0 Å². The van der Waals surface area contributed by atoms with Gasteiger partial charge >= 0.3 is 13.1 Å². The Hall–Kier alpha value is -0.625. The van der Waals surface area contributed by atoms with Crippen molar-refractivity contribution in [2.75, 3.05) is 13.1 Å². The molecule has 0 aromatic rings. The van der Waals surface area contributed by atoms with E-state index in [1.165, 1.54) is 0 Å². The Kier molecular flexibility index (Phi) is 6.04. The number of aliphatic carboxylic acids is 1. The van der Waals surface area contributed by atoms with Gasteiger partial charge in [-0.05, 0) is 44.3 Å². The summed E-state index contributed by atoms with van der Waals surface area (Å²) in [5, 5.41) is 26.8. The van der Waals surface area contributed by atoms with Crippen LogP contribution in [0.2, 0.25) is 6.32 Å². The van der Waals surface area contributed by atoms with Gasteiger partial charge in [-0.1, -0.05) is 6.42 Å². The van der Waals surface area contributed by atoms with Crippen LogP contribution < -0.4 is 5.73 Å². The molecule has 1 saturated heterocycles. The third-order valence-corrected chi connectivity index (χ3v) is 5.12. The molecule has 2 atom stereocenters. The highest BCUT2D eigenvalue weighted by Gasteiger charge is 2.36. The third kappa shape index (κ3) is 4.67. The quantitative estimate of drug-likeness (QED) is 0.520. The number of nitrogens with two attached hydrogens (primary N) is 1. The molecular formula is C14H27BN2O4. The fourth-order valence-corrected chi connectivity index (χ4v) is 3.79. The predicted octanol–water partition coefficient (Wildman–Crippen LogP) is 0.142. The van der Waals surface area contributed by atoms with Crippen LogP contribution in [0.25, 0.3) is 0 Å². The molecule has 2 fully saturated rings. The summed E-state index contributed by atoms with van der Waals surface area (Å²) >= 11 is 0. The molecule has 2 rings (SSSR count). The number of carbonyl (C=O) groups is 1. The largest absolute Gasteiger partial charge is 0.481 e. The van der Waals surface area contributed by atoms with Gasteiger partial charge in [-0.3, -0.25) is 9.69 Å². The zero-order chi connectivity index (χ0) is 15.4. The van der Waals surface area contributed by atoms with Crippen LogP contribution in [0.1, 0.15) is 38.5 Å². The highest BCUT2D eigenvalue weighted by molar-refractivity contribution is 6.40. The van der Waals surface area contributed by atoms with Crippen molar-refractivity contribution in [3.05, 3.63) is 0 Å². The molecule has 0 amide bonds. The smallest absolute Gasteiger partial charge is 0.451 e. The summed E-state index contributed by atoms with van der Waals surface area (Å²) in [6.07, 6.45) is 5.57. The van der Waals surface area contributed by atoms with Gasteiger partial charge in [-0.2, -0.15) is 0 Å². The van der Waals surface area contributed by atoms with E-state index in [2.05, 4.69) is 4.90 Å². The lowest BCUT2D eigenvalue weighted by atomic mass is 9.81. The van der Waals surface area contributed by atoms with Crippen LogP contribution in [0.3, 0.4) is 0 Å². The van der Waals surface area contributed by atoms with Crippen LogP contribution in [0.15, 0.2) is 0 Å². The minimum atomic E-state index is -1.22. The van der Waals surface area contributed by atoms with Gasteiger partial charge < -0.3 is 20.9 Å². The molecule has 1 aliphatic carbocycles. The summed E-state index contributed by atoms with van der Waals surface area (Å²) in [5.74, 6) is -0.410. The van der Waals surface area contributed by atoms with Gasteiger partial charge in [0.1, 0.15) is 0 Å². The molecule has 0 aromatic carbocycles. The summed E-state index contributed by atoms with van der Waals surface area (Å²) in [4.78, 5) is 13.4. The average Bonchev–Trinajstić information content (AvgIpc) is 2.80. The Balaban J connectivity index is 1.75. The molecule has 7 heteroatoms. The van der Waals surface area contributed by atoms with Crippen LogP contribution in [-0.4, -0.2) is 58.3 Å². The molecule has 0 aromatic heterocycles. The average molecular weight is 298 g/mol. The van der Waals surface area contributed by atoms with Crippen molar-refractivity contribution < 1.29 is 19.9 Å². The van der Waals surface area contributed by atoms with E-state index < -0.39 is 13.1 Å². The van der Waals surface area contributed by atoms with E-state index in [0.29, 0.717) is 18.3 Å². The predicted molar refractivity (Wildman–Crippen MR) is 80.7 cm³/mol. The minimum absolute atomic E-state index is 0.151. The second-order valence-electron chi connectivity index (χ2n) is 6.63. The summed E-state index contributed by atoms with van der Waals surface area (Å²) in [7, 11) is -1.22. The Morgan fingerprint density at radius 3 is 2.43 bits per heavy atom. The molecule has 21 heavy (non-hydrogen) atoms. The van der Waals surface area contributed by atoms with Crippen molar-refractivity contribution in [2.45, 2.75) is 56.9 Å². The monoisotopic (exact) mass is 298 g/mol. The Bertz CT molecular complexity index is 348. The zero-order valence-electron chi connectivity index (χ0n) is 12.5. The molecule has 1 saturated carbocycles. The maximum absolute atomic E-state index is 11.0. The lowest BCUT2D eigenvalue weighted by Crippen LogP contribution is -2.39. The molecule has 5 N–H and O–H groups in total. The minimum Gasteiger partial charge on any atom is -0.481 e. The first-order valence-electron chi connectivity index (χ1n) is 8.06. The van der Waals surface area contributed by atoms with Gasteiger partial charge in [0.15, 0.2) is 0 Å². The van der Waals surface area contributed by atoms with Gasteiger partial charge in [0.05, 0.1) is 5.92 Å². The van der Waals surface area contributed by atoms with Gasteiger partial charge in [0.2, 0.25) is 0 Å². The third-order valence-electron chi connectivity index (χ3n) is 5.12. The molecule has 6 nitrogen and oxygen atoms in total. The van der Waals surface area contributed by atoms with E-state index in [4.69, 9.17) is 20.9 Å². The van der Waals surface area contributed by atoms with E-state index in [1.807, 2.05) is 0 Å². The molecular weight excluding hydrogens is 271 g/mol. The van der Waals surface area contributed by atoms with Gasteiger partial charge in [0.25, 0.3) is 0 Å². The topological polar surface area (TPSA) is 107 Å². The molecule has 2 aliphatic rings. The molecule has 0 spiro atoms. The summed E-state index contributed by atoms with van der Waals surface area (Å²) in [6.45, 7) is 1.85. The van der Waals surface area contributed by atoms with Crippen molar-refractivity contribution in [1.29, 1.82) is 0 Å². The van der Waals surface area contributed by atoms with Crippen molar-refractivity contribution in [1.82, 2.24) is 4.90 Å². The second kappa shape index (κ2) is 7.58. The number of carboxylic acid groups (broad SMARTS) is 1. The van der Waals surface area contributed by atoms with Gasteiger partial charge in [0, 0.05) is 25.2 Å². The molecule has 120 valence electrons. The Labute approximate surface area is 126 Å². The number of nitrogens with zero attached hydrogens (tertiary/aromatic N) is 1. The Morgan fingerprint density at radius 1 is 1.19 bits per heavy atom. The van der Waals surface area contributed by atoms with E-state index >= 15 is 0 Å². The molecule has 1 aliphatic heterocycles. The lowest BCUT2D eigenvalue weighted by molar-refractivity contribution is -0.143. The molecule has 0 radical (unpaired) electrons. The maximum atomic E-state index is 11.0. The standard InChI is InChI=1S/C14H27BN2O4/c16-13-9-17(8-11(13)2-1-7-15(20)21)12-5-3-10(4-6-12)14(18)19/h10-13,20-21H,1-9,16H2,(H,18,19)/t10?,11-,12?,13-/m0/s1.